The van der Waals surface area contributed by atoms with Gasteiger partial charge in [-0.3, -0.25) is 9.48 Å². The van der Waals surface area contributed by atoms with Crippen molar-refractivity contribution >= 4 is 21.6 Å². The number of halogens is 3. The van der Waals surface area contributed by atoms with Crippen LogP contribution in [-0.4, -0.2) is 36.8 Å². The summed E-state index contributed by atoms with van der Waals surface area (Å²) < 4.78 is 63.3. The summed E-state index contributed by atoms with van der Waals surface area (Å²) in [4.78, 5) is 12.0. The molecule has 2 aromatic rings. The minimum atomic E-state index is -4.64. The van der Waals surface area contributed by atoms with Gasteiger partial charge >= 0.3 is 6.18 Å². The summed E-state index contributed by atoms with van der Waals surface area (Å²) in [6.07, 6.45) is -0.376. The van der Waals surface area contributed by atoms with Gasteiger partial charge < -0.3 is 5.32 Å². The molecule has 0 radical (unpaired) electrons. The molecule has 2 N–H and O–H groups in total. The molecule has 1 fully saturated rings. The molecule has 11 heteroatoms. The summed E-state index contributed by atoms with van der Waals surface area (Å²) in [5.41, 5.74) is 1.35. The van der Waals surface area contributed by atoms with Crippen LogP contribution in [0, 0.1) is 5.92 Å². The maximum Gasteiger partial charge on any atom is 0.402 e. The van der Waals surface area contributed by atoms with E-state index in [4.69, 9.17) is 0 Å². The Labute approximate surface area is 153 Å². The molecule has 3 rings (SSSR count). The monoisotopic (exact) mass is 402 g/mol. The van der Waals surface area contributed by atoms with E-state index in [0.717, 1.165) is 17.7 Å². The van der Waals surface area contributed by atoms with E-state index in [0.29, 0.717) is 12.1 Å². The maximum absolute atomic E-state index is 12.3. The van der Waals surface area contributed by atoms with Crippen molar-refractivity contribution in [2.45, 2.75) is 23.4 Å². The summed E-state index contributed by atoms with van der Waals surface area (Å²) in [6.45, 7) is -1.65. The van der Waals surface area contributed by atoms with Crippen LogP contribution in [0.3, 0.4) is 0 Å². The first-order chi connectivity index (χ1) is 12.5. The molecule has 1 aliphatic carbocycles. The van der Waals surface area contributed by atoms with E-state index >= 15 is 0 Å². The summed E-state index contributed by atoms with van der Waals surface area (Å²) in [6, 6.07) is 4.95. The number of carbonyl (C=O) groups excluding carboxylic acids is 1. The van der Waals surface area contributed by atoms with Gasteiger partial charge in [0.25, 0.3) is 0 Å². The Morgan fingerprint density at radius 1 is 1.30 bits per heavy atom. The molecular weight excluding hydrogens is 385 g/mol. The summed E-state index contributed by atoms with van der Waals surface area (Å²) >= 11 is 0. The quantitative estimate of drug-likeness (QED) is 0.773. The highest BCUT2D eigenvalue weighted by Crippen LogP contribution is 2.47. The molecule has 1 aliphatic rings. The van der Waals surface area contributed by atoms with Gasteiger partial charge in [0, 0.05) is 24.8 Å². The van der Waals surface area contributed by atoms with Crippen LogP contribution in [0.4, 0.5) is 18.9 Å². The van der Waals surface area contributed by atoms with Gasteiger partial charge in [0.2, 0.25) is 15.9 Å². The zero-order valence-corrected chi connectivity index (χ0v) is 15.0. The number of nitrogens with zero attached hydrogens (tertiary/aromatic N) is 2. The largest absolute Gasteiger partial charge is 0.402 e. The average molecular weight is 402 g/mol. The Balaban J connectivity index is 1.59. The fourth-order valence-corrected chi connectivity index (χ4v) is 3.71. The van der Waals surface area contributed by atoms with E-state index in [-0.39, 0.29) is 22.6 Å². The molecule has 0 bridgehead atoms. The van der Waals surface area contributed by atoms with Crippen LogP contribution in [0.25, 0.3) is 0 Å². The molecule has 1 aromatic carbocycles. The first kappa shape index (κ1) is 19.4. The third-order valence-electron chi connectivity index (χ3n) is 4.18. The number of amides is 1. The van der Waals surface area contributed by atoms with Gasteiger partial charge in [-0.15, -0.1) is 0 Å². The molecule has 27 heavy (non-hydrogen) atoms. The molecule has 0 saturated heterocycles. The van der Waals surface area contributed by atoms with Crippen molar-refractivity contribution in [3.05, 3.63) is 42.2 Å². The van der Waals surface area contributed by atoms with Gasteiger partial charge in [-0.05, 0) is 42.2 Å². The van der Waals surface area contributed by atoms with Gasteiger partial charge in [0.15, 0.2) is 0 Å². The fourth-order valence-electron chi connectivity index (χ4n) is 2.70. The van der Waals surface area contributed by atoms with Crippen LogP contribution in [0.15, 0.2) is 41.6 Å². The highest BCUT2D eigenvalue weighted by atomic mass is 32.2. The summed E-state index contributed by atoms with van der Waals surface area (Å²) in [7, 11) is -2.49. The highest BCUT2D eigenvalue weighted by molar-refractivity contribution is 7.89. The van der Waals surface area contributed by atoms with Gasteiger partial charge in [-0.1, -0.05) is 0 Å². The lowest BCUT2D eigenvalue weighted by atomic mass is 10.2. The lowest BCUT2D eigenvalue weighted by molar-refractivity contribution is -0.121. The maximum atomic E-state index is 12.3. The second-order valence-electron chi connectivity index (χ2n) is 6.35. The van der Waals surface area contributed by atoms with Gasteiger partial charge in [-0.2, -0.15) is 18.3 Å². The standard InChI is InChI=1S/C16H17F3N4O3S/c1-23-8-10(7-20-23)13-6-14(13)15(24)22-11-2-4-12(5-3-11)27(25,26)21-9-16(17,18)19/h2-5,7-8,13-14,21H,6,9H2,1H3,(H,22,24). The molecule has 1 amide bonds. The number of aromatic nitrogens is 2. The summed E-state index contributed by atoms with van der Waals surface area (Å²) in [5.74, 6) is -0.286. The van der Waals surface area contributed by atoms with Crippen LogP contribution in [0.1, 0.15) is 17.9 Å². The van der Waals surface area contributed by atoms with Crippen molar-refractivity contribution in [2.75, 3.05) is 11.9 Å². The van der Waals surface area contributed by atoms with E-state index in [2.05, 4.69) is 10.4 Å². The second kappa shape index (κ2) is 6.97. The zero-order valence-electron chi connectivity index (χ0n) is 14.2. The lowest BCUT2D eigenvalue weighted by Crippen LogP contribution is -2.33. The molecule has 146 valence electrons. The van der Waals surface area contributed by atoms with Crippen molar-refractivity contribution in [3.63, 3.8) is 0 Å². The number of sulfonamides is 1. The van der Waals surface area contributed by atoms with Crippen molar-refractivity contribution < 1.29 is 26.4 Å². The predicted molar refractivity (Wildman–Crippen MR) is 90.4 cm³/mol. The molecule has 0 aliphatic heterocycles. The number of alkyl halides is 3. The number of hydrogen-bond donors (Lipinski definition) is 2. The van der Waals surface area contributed by atoms with Crippen LogP contribution < -0.4 is 10.0 Å². The number of hydrogen-bond acceptors (Lipinski definition) is 4. The smallest absolute Gasteiger partial charge is 0.326 e. The topological polar surface area (TPSA) is 93.1 Å². The van der Waals surface area contributed by atoms with Crippen LogP contribution in [0.5, 0.6) is 0 Å². The number of benzene rings is 1. The van der Waals surface area contributed by atoms with Crippen molar-refractivity contribution in [1.29, 1.82) is 0 Å². The van der Waals surface area contributed by atoms with Gasteiger partial charge in [-0.25, -0.2) is 13.1 Å². The fraction of sp³-hybridized carbons (Fsp3) is 0.375. The molecule has 1 heterocycles. The molecule has 2 atom stereocenters. The SMILES string of the molecule is Cn1cc(C2CC2C(=O)Nc2ccc(S(=O)(=O)NCC(F)(F)F)cc2)cn1. The molecule has 7 nitrogen and oxygen atoms in total. The van der Waals surface area contributed by atoms with Crippen LogP contribution in [-0.2, 0) is 21.9 Å². The lowest BCUT2D eigenvalue weighted by Gasteiger charge is -2.10. The Kier molecular flexibility index (Phi) is 5.00. The summed E-state index contributed by atoms with van der Waals surface area (Å²) in [5, 5.41) is 6.75. The van der Waals surface area contributed by atoms with Crippen molar-refractivity contribution in [2.24, 2.45) is 13.0 Å². The molecule has 0 spiro atoms. The Morgan fingerprint density at radius 2 is 1.96 bits per heavy atom. The highest BCUT2D eigenvalue weighted by Gasteiger charge is 2.44. The van der Waals surface area contributed by atoms with Gasteiger partial charge in [0.05, 0.1) is 11.1 Å². The normalized spacial score (nSPS) is 19.7. The Bertz CT molecular complexity index is 939. The first-order valence-electron chi connectivity index (χ1n) is 8.01. The Morgan fingerprint density at radius 3 is 2.52 bits per heavy atom. The zero-order chi connectivity index (χ0) is 19.8. The average Bonchev–Trinajstić information content (AvgIpc) is 3.28. The number of rotatable bonds is 6. The minimum Gasteiger partial charge on any atom is -0.326 e. The third kappa shape index (κ3) is 4.86. The van der Waals surface area contributed by atoms with E-state index in [1.54, 1.807) is 17.9 Å². The number of carbonyl (C=O) groups is 1. The third-order valence-corrected chi connectivity index (χ3v) is 5.59. The number of aryl methyl sites for hydroxylation is 1. The second-order valence-corrected chi connectivity index (χ2v) is 8.12. The van der Waals surface area contributed by atoms with E-state index in [9.17, 15) is 26.4 Å². The van der Waals surface area contributed by atoms with Gasteiger partial charge in [0.1, 0.15) is 6.54 Å². The Hall–Kier alpha value is -2.40. The molecule has 2 unspecified atom stereocenters. The molecule has 1 saturated carbocycles. The van der Waals surface area contributed by atoms with E-state index in [1.165, 1.54) is 16.9 Å². The van der Waals surface area contributed by atoms with Crippen LogP contribution >= 0.6 is 0 Å². The molecular formula is C16H17F3N4O3S. The van der Waals surface area contributed by atoms with Crippen molar-refractivity contribution in [1.82, 2.24) is 14.5 Å². The molecule has 1 aromatic heterocycles. The first-order valence-corrected chi connectivity index (χ1v) is 9.49. The van der Waals surface area contributed by atoms with Crippen molar-refractivity contribution in [3.8, 4) is 0 Å². The van der Waals surface area contributed by atoms with E-state index in [1.807, 2.05) is 6.20 Å². The van der Waals surface area contributed by atoms with Crippen LogP contribution in [0.2, 0.25) is 0 Å². The van der Waals surface area contributed by atoms with E-state index < -0.39 is 22.7 Å². The number of anilines is 1. The number of nitrogens with one attached hydrogen (secondary N) is 2. The predicted octanol–water partition coefficient (Wildman–Crippen LogP) is 2.00. The minimum absolute atomic E-state index is 0.102.